The average molecular weight is 334 g/mol. The Kier molecular flexibility index (Phi) is 10.6. The predicted octanol–water partition coefficient (Wildman–Crippen LogP) is 5.16. The standard InChI is InChI=1S/C20H30O4/c1-3-5-6-7-8-9-12-16-24-20(22)18-14-11-10-13-17(18)19(21)23-15-4-2/h10-11,13-14H,3-9,12,15-16H2,1-2H3. The summed E-state index contributed by atoms with van der Waals surface area (Å²) in [6, 6.07) is 6.65. The van der Waals surface area contributed by atoms with Gasteiger partial charge in [-0.1, -0.05) is 64.5 Å². The van der Waals surface area contributed by atoms with Crippen LogP contribution in [0.4, 0.5) is 0 Å². The van der Waals surface area contributed by atoms with Crippen LogP contribution in [0.5, 0.6) is 0 Å². The van der Waals surface area contributed by atoms with Gasteiger partial charge in [0.2, 0.25) is 0 Å². The highest BCUT2D eigenvalue weighted by Gasteiger charge is 2.18. The van der Waals surface area contributed by atoms with E-state index >= 15 is 0 Å². The highest BCUT2D eigenvalue weighted by molar-refractivity contribution is 6.03. The molecule has 0 spiro atoms. The second-order valence-electron chi connectivity index (χ2n) is 5.94. The molecule has 0 aliphatic rings. The Bertz CT molecular complexity index is 496. The van der Waals surface area contributed by atoms with Gasteiger partial charge in [0.15, 0.2) is 0 Å². The van der Waals surface area contributed by atoms with Crippen LogP contribution in [0.25, 0.3) is 0 Å². The lowest BCUT2D eigenvalue weighted by Gasteiger charge is -2.09. The van der Waals surface area contributed by atoms with Crippen molar-refractivity contribution in [2.24, 2.45) is 0 Å². The molecule has 1 aromatic rings. The van der Waals surface area contributed by atoms with Gasteiger partial charge in [-0.05, 0) is 25.0 Å². The predicted molar refractivity (Wildman–Crippen MR) is 95.3 cm³/mol. The number of carbonyl (C=O) groups excluding carboxylic acids is 2. The van der Waals surface area contributed by atoms with Gasteiger partial charge in [-0.2, -0.15) is 0 Å². The van der Waals surface area contributed by atoms with E-state index in [0.29, 0.717) is 13.2 Å². The molecule has 0 amide bonds. The van der Waals surface area contributed by atoms with Crippen molar-refractivity contribution >= 4 is 11.9 Å². The summed E-state index contributed by atoms with van der Waals surface area (Å²) in [5, 5.41) is 0. The lowest BCUT2D eigenvalue weighted by molar-refractivity contribution is 0.0454. The molecular weight excluding hydrogens is 304 g/mol. The van der Waals surface area contributed by atoms with Gasteiger partial charge in [-0.3, -0.25) is 0 Å². The fourth-order valence-corrected chi connectivity index (χ4v) is 2.41. The molecule has 0 fully saturated rings. The summed E-state index contributed by atoms with van der Waals surface area (Å²) >= 11 is 0. The molecule has 0 aliphatic carbocycles. The van der Waals surface area contributed by atoms with Gasteiger partial charge in [-0.15, -0.1) is 0 Å². The van der Waals surface area contributed by atoms with Crippen LogP contribution in [0, 0.1) is 0 Å². The van der Waals surface area contributed by atoms with E-state index in [1.807, 2.05) is 6.92 Å². The molecule has 0 unspecified atom stereocenters. The smallest absolute Gasteiger partial charge is 0.339 e. The van der Waals surface area contributed by atoms with Crippen molar-refractivity contribution in [3.8, 4) is 0 Å². The molecule has 0 aromatic heterocycles. The first-order valence-electron chi connectivity index (χ1n) is 9.14. The zero-order chi connectivity index (χ0) is 17.6. The van der Waals surface area contributed by atoms with Gasteiger partial charge in [0.1, 0.15) is 0 Å². The minimum Gasteiger partial charge on any atom is -0.462 e. The van der Waals surface area contributed by atoms with Crippen molar-refractivity contribution in [1.82, 2.24) is 0 Å². The molecule has 0 radical (unpaired) electrons. The van der Waals surface area contributed by atoms with Crippen LogP contribution in [-0.4, -0.2) is 25.2 Å². The molecule has 4 nitrogen and oxygen atoms in total. The van der Waals surface area contributed by atoms with Crippen LogP contribution in [0.3, 0.4) is 0 Å². The van der Waals surface area contributed by atoms with Crippen LogP contribution >= 0.6 is 0 Å². The summed E-state index contributed by atoms with van der Waals surface area (Å²) in [6.07, 6.45) is 8.92. The zero-order valence-corrected chi connectivity index (χ0v) is 15.0. The van der Waals surface area contributed by atoms with E-state index in [1.54, 1.807) is 24.3 Å². The number of hydrogen-bond donors (Lipinski definition) is 0. The van der Waals surface area contributed by atoms with Crippen LogP contribution in [0.15, 0.2) is 24.3 Å². The van der Waals surface area contributed by atoms with E-state index in [1.165, 1.54) is 32.1 Å². The first kappa shape index (κ1) is 20.2. The first-order valence-corrected chi connectivity index (χ1v) is 9.14. The van der Waals surface area contributed by atoms with Crippen LogP contribution in [-0.2, 0) is 9.47 Å². The topological polar surface area (TPSA) is 52.6 Å². The van der Waals surface area contributed by atoms with Crippen LogP contribution in [0.1, 0.15) is 85.9 Å². The van der Waals surface area contributed by atoms with E-state index in [0.717, 1.165) is 19.3 Å². The Hall–Kier alpha value is -1.84. The SMILES string of the molecule is CCCCCCCCCOC(=O)c1ccccc1C(=O)OCCC. The molecular formula is C20H30O4. The van der Waals surface area contributed by atoms with Crippen molar-refractivity contribution in [3.05, 3.63) is 35.4 Å². The molecule has 0 bridgehead atoms. The fraction of sp³-hybridized carbons (Fsp3) is 0.600. The van der Waals surface area contributed by atoms with Gasteiger partial charge in [0.25, 0.3) is 0 Å². The van der Waals surface area contributed by atoms with E-state index in [2.05, 4.69) is 6.92 Å². The normalized spacial score (nSPS) is 10.4. The van der Waals surface area contributed by atoms with Gasteiger partial charge < -0.3 is 9.47 Å². The number of esters is 2. The summed E-state index contributed by atoms with van der Waals surface area (Å²) in [4.78, 5) is 24.2. The van der Waals surface area contributed by atoms with Crippen molar-refractivity contribution in [2.75, 3.05) is 13.2 Å². The number of rotatable bonds is 12. The van der Waals surface area contributed by atoms with E-state index in [4.69, 9.17) is 9.47 Å². The third-order valence-electron chi connectivity index (χ3n) is 3.79. The molecule has 24 heavy (non-hydrogen) atoms. The summed E-state index contributed by atoms with van der Waals surface area (Å²) in [7, 11) is 0. The Labute approximate surface area is 145 Å². The van der Waals surface area contributed by atoms with Gasteiger partial charge in [0.05, 0.1) is 24.3 Å². The Morgan fingerprint density at radius 1 is 0.708 bits per heavy atom. The fourth-order valence-electron chi connectivity index (χ4n) is 2.41. The third kappa shape index (κ3) is 7.62. The Morgan fingerprint density at radius 3 is 1.75 bits per heavy atom. The molecule has 0 saturated carbocycles. The zero-order valence-electron chi connectivity index (χ0n) is 15.0. The van der Waals surface area contributed by atoms with Gasteiger partial charge in [-0.25, -0.2) is 9.59 Å². The van der Waals surface area contributed by atoms with Crippen molar-refractivity contribution in [3.63, 3.8) is 0 Å². The quantitative estimate of drug-likeness (QED) is 0.391. The lowest BCUT2D eigenvalue weighted by atomic mass is 10.1. The van der Waals surface area contributed by atoms with Gasteiger partial charge in [0, 0.05) is 0 Å². The highest BCUT2D eigenvalue weighted by atomic mass is 16.5. The Balaban J connectivity index is 2.38. The second-order valence-corrected chi connectivity index (χ2v) is 5.94. The number of ether oxygens (including phenoxy) is 2. The third-order valence-corrected chi connectivity index (χ3v) is 3.79. The summed E-state index contributed by atoms with van der Waals surface area (Å²) in [5.41, 5.74) is 0.553. The molecule has 0 saturated heterocycles. The van der Waals surface area contributed by atoms with Crippen molar-refractivity contribution in [2.45, 2.75) is 65.2 Å². The first-order chi connectivity index (χ1) is 11.7. The largest absolute Gasteiger partial charge is 0.462 e. The van der Waals surface area contributed by atoms with Crippen LogP contribution < -0.4 is 0 Å². The van der Waals surface area contributed by atoms with Crippen molar-refractivity contribution < 1.29 is 19.1 Å². The molecule has 0 heterocycles. The van der Waals surface area contributed by atoms with E-state index in [-0.39, 0.29) is 11.1 Å². The van der Waals surface area contributed by atoms with Crippen molar-refractivity contribution in [1.29, 1.82) is 0 Å². The maximum atomic E-state index is 12.2. The van der Waals surface area contributed by atoms with E-state index < -0.39 is 11.9 Å². The second kappa shape index (κ2) is 12.6. The summed E-state index contributed by atoms with van der Waals surface area (Å²) in [5.74, 6) is -0.926. The monoisotopic (exact) mass is 334 g/mol. The Morgan fingerprint density at radius 2 is 1.21 bits per heavy atom. The number of hydrogen-bond acceptors (Lipinski definition) is 4. The number of unbranched alkanes of at least 4 members (excludes halogenated alkanes) is 6. The number of carbonyl (C=O) groups is 2. The molecule has 0 aliphatic heterocycles. The maximum absolute atomic E-state index is 12.2. The highest BCUT2D eigenvalue weighted by Crippen LogP contribution is 2.13. The molecule has 1 aromatic carbocycles. The lowest BCUT2D eigenvalue weighted by Crippen LogP contribution is -2.14. The number of benzene rings is 1. The van der Waals surface area contributed by atoms with Crippen LogP contribution in [0.2, 0.25) is 0 Å². The van der Waals surface area contributed by atoms with Gasteiger partial charge >= 0.3 is 11.9 Å². The molecule has 134 valence electrons. The molecule has 0 N–H and O–H groups in total. The average Bonchev–Trinajstić information content (AvgIpc) is 2.61. The maximum Gasteiger partial charge on any atom is 0.339 e. The molecule has 0 atom stereocenters. The minimum atomic E-state index is -0.472. The summed E-state index contributed by atoms with van der Waals surface area (Å²) < 4.78 is 10.4. The summed E-state index contributed by atoms with van der Waals surface area (Å²) in [6.45, 7) is 4.87. The molecule has 1 rings (SSSR count). The minimum absolute atomic E-state index is 0.274. The van der Waals surface area contributed by atoms with E-state index in [9.17, 15) is 9.59 Å². The molecule has 4 heteroatoms.